The minimum absolute atomic E-state index is 0.746. The molecule has 0 spiro atoms. The predicted molar refractivity (Wildman–Crippen MR) is 77.6 cm³/mol. The normalized spacial score (nSPS) is 21.7. The van der Waals surface area contributed by atoms with Crippen LogP contribution < -0.4 is 10.1 Å². The lowest BCUT2D eigenvalue weighted by Crippen LogP contribution is -2.28. The van der Waals surface area contributed by atoms with Crippen molar-refractivity contribution in [1.82, 2.24) is 10.2 Å². The molecule has 1 aromatic carbocycles. The van der Waals surface area contributed by atoms with Crippen LogP contribution >= 0.6 is 0 Å². The van der Waals surface area contributed by atoms with Gasteiger partial charge in [0, 0.05) is 19.0 Å². The Kier molecular flexibility index (Phi) is 4.04. The molecule has 3 heteroatoms. The van der Waals surface area contributed by atoms with E-state index in [2.05, 4.69) is 35.5 Å². The second-order valence-corrected chi connectivity index (χ2v) is 5.86. The molecule has 2 aliphatic heterocycles. The topological polar surface area (TPSA) is 24.5 Å². The zero-order valence-corrected chi connectivity index (χ0v) is 11.8. The summed E-state index contributed by atoms with van der Waals surface area (Å²) in [5.41, 5.74) is 2.79. The summed E-state index contributed by atoms with van der Waals surface area (Å²) in [7, 11) is 2.22. The van der Waals surface area contributed by atoms with Gasteiger partial charge < -0.3 is 15.0 Å². The number of fused-ring (bicyclic) bond motifs is 1. The molecule has 1 atom stereocenters. The molecule has 0 aromatic heterocycles. The number of hydrogen-bond acceptors (Lipinski definition) is 3. The SMILES string of the molecule is CN(CCC1CCCN1)Cc1ccc2c(c1)CCO2. The van der Waals surface area contributed by atoms with Crippen molar-refractivity contribution < 1.29 is 4.74 Å². The first-order chi connectivity index (χ1) is 9.31. The Hall–Kier alpha value is -1.06. The van der Waals surface area contributed by atoms with E-state index in [4.69, 9.17) is 4.74 Å². The number of nitrogens with zero attached hydrogens (tertiary/aromatic N) is 1. The van der Waals surface area contributed by atoms with Gasteiger partial charge in [-0.15, -0.1) is 0 Å². The summed E-state index contributed by atoms with van der Waals surface area (Å²) < 4.78 is 5.55. The third-order valence-electron chi connectivity index (χ3n) is 4.23. The lowest BCUT2D eigenvalue weighted by molar-refractivity contribution is 0.305. The van der Waals surface area contributed by atoms with Crippen molar-refractivity contribution in [3.63, 3.8) is 0 Å². The first-order valence-electron chi connectivity index (χ1n) is 7.48. The van der Waals surface area contributed by atoms with Gasteiger partial charge in [0.25, 0.3) is 0 Å². The van der Waals surface area contributed by atoms with Gasteiger partial charge in [-0.2, -0.15) is 0 Å². The first kappa shape index (κ1) is 12.9. The molecule has 3 rings (SSSR count). The molecule has 2 heterocycles. The smallest absolute Gasteiger partial charge is 0.122 e. The number of hydrogen-bond donors (Lipinski definition) is 1. The maximum Gasteiger partial charge on any atom is 0.122 e. The van der Waals surface area contributed by atoms with Gasteiger partial charge >= 0.3 is 0 Å². The van der Waals surface area contributed by atoms with Crippen LogP contribution in [-0.4, -0.2) is 37.7 Å². The summed E-state index contributed by atoms with van der Waals surface area (Å²) >= 11 is 0. The van der Waals surface area contributed by atoms with E-state index in [1.54, 1.807) is 0 Å². The number of rotatable bonds is 5. The molecule has 1 N–H and O–H groups in total. The van der Waals surface area contributed by atoms with Crippen LogP contribution in [0.25, 0.3) is 0 Å². The molecule has 104 valence electrons. The van der Waals surface area contributed by atoms with E-state index in [0.29, 0.717) is 0 Å². The summed E-state index contributed by atoms with van der Waals surface area (Å²) in [6, 6.07) is 7.39. The average Bonchev–Trinajstić information content (AvgIpc) is 3.07. The minimum atomic E-state index is 0.746. The Morgan fingerprint density at radius 1 is 1.42 bits per heavy atom. The molecule has 0 aliphatic carbocycles. The maximum atomic E-state index is 5.55. The molecule has 2 aliphatic rings. The molecule has 3 nitrogen and oxygen atoms in total. The summed E-state index contributed by atoms with van der Waals surface area (Å²) in [4.78, 5) is 2.43. The van der Waals surface area contributed by atoms with Crippen LogP contribution in [-0.2, 0) is 13.0 Å². The van der Waals surface area contributed by atoms with E-state index in [9.17, 15) is 0 Å². The molecule has 0 saturated carbocycles. The molecular weight excluding hydrogens is 236 g/mol. The summed E-state index contributed by atoms with van der Waals surface area (Å²) in [5.74, 6) is 1.08. The van der Waals surface area contributed by atoms with Gasteiger partial charge in [0.05, 0.1) is 6.61 Å². The molecule has 0 radical (unpaired) electrons. The fourth-order valence-corrected chi connectivity index (χ4v) is 3.11. The van der Waals surface area contributed by atoms with Gasteiger partial charge in [0.15, 0.2) is 0 Å². The van der Waals surface area contributed by atoms with Gasteiger partial charge in [-0.25, -0.2) is 0 Å². The molecule has 1 unspecified atom stereocenters. The van der Waals surface area contributed by atoms with Gasteiger partial charge in [0.1, 0.15) is 5.75 Å². The summed E-state index contributed by atoms with van der Waals surface area (Å²) in [6.45, 7) is 4.27. The first-order valence-corrected chi connectivity index (χ1v) is 7.48. The Labute approximate surface area is 115 Å². The Bertz CT molecular complexity index is 427. The van der Waals surface area contributed by atoms with E-state index in [1.165, 1.54) is 43.5 Å². The predicted octanol–water partition coefficient (Wildman–Crippen LogP) is 2.20. The van der Waals surface area contributed by atoms with Crippen molar-refractivity contribution in [3.05, 3.63) is 29.3 Å². The Morgan fingerprint density at radius 3 is 3.21 bits per heavy atom. The van der Waals surface area contributed by atoms with Crippen LogP contribution in [0.1, 0.15) is 30.4 Å². The summed E-state index contributed by atoms with van der Waals surface area (Å²) in [5, 5.41) is 3.57. The van der Waals surface area contributed by atoms with E-state index in [-0.39, 0.29) is 0 Å². The van der Waals surface area contributed by atoms with Crippen LogP contribution in [0.3, 0.4) is 0 Å². The molecule has 0 bridgehead atoms. The Morgan fingerprint density at radius 2 is 2.37 bits per heavy atom. The average molecular weight is 260 g/mol. The minimum Gasteiger partial charge on any atom is -0.493 e. The zero-order valence-electron chi connectivity index (χ0n) is 11.8. The lowest BCUT2D eigenvalue weighted by Gasteiger charge is -2.19. The van der Waals surface area contributed by atoms with Crippen LogP contribution in [0.15, 0.2) is 18.2 Å². The molecule has 1 fully saturated rings. The number of benzene rings is 1. The molecule has 1 aromatic rings. The second-order valence-electron chi connectivity index (χ2n) is 5.86. The van der Waals surface area contributed by atoms with Gasteiger partial charge in [0.2, 0.25) is 0 Å². The highest BCUT2D eigenvalue weighted by atomic mass is 16.5. The van der Waals surface area contributed by atoms with Gasteiger partial charge in [-0.1, -0.05) is 12.1 Å². The third-order valence-corrected chi connectivity index (χ3v) is 4.23. The second kappa shape index (κ2) is 5.93. The monoisotopic (exact) mass is 260 g/mol. The van der Waals surface area contributed by atoms with Crippen molar-refractivity contribution in [1.29, 1.82) is 0 Å². The maximum absolute atomic E-state index is 5.55. The standard InChI is InChI=1S/C16H24N2O/c1-18(9-6-15-3-2-8-17-15)12-13-4-5-16-14(11-13)7-10-19-16/h4-5,11,15,17H,2-3,6-10,12H2,1H3. The third kappa shape index (κ3) is 3.28. The molecule has 1 saturated heterocycles. The Balaban J connectivity index is 1.49. The largest absolute Gasteiger partial charge is 0.493 e. The van der Waals surface area contributed by atoms with Gasteiger partial charge in [-0.3, -0.25) is 0 Å². The fourth-order valence-electron chi connectivity index (χ4n) is 3.11. The van der Waals surface area contributed by atoms with Crippen molar-refractivity contribution in [2.75, 3.05) is 26.7 Å². The molecule has 19 heavy (non-hydrogen) atoms. The summed E-state index contributed by atoms with van der Waals surface area (Å²) in [6.07, 6.45) is 5.03. The van der Waals surface area contributed by atoms with Crippen molar-refractivity contribution in [3.8, 4) is 5.75 Å². The van der Waals surface area contributed by atoms with Crippen LogP contribution in [0.4, 0.5) is 0 Å². The van der Waals surface area contributed by atoms with Crippen molar-refractivity contribution >= 4 is 0 Å². The van der Waals surface area contributed by atoms with Crippen LogP contribution in [0.2, 0.25) is 0 Å². The van der Waals surface area contributed by atoms with Gasteiger partial charge in [-0.05, 0) is 56.6 Å². The number of ether oxygens (including phenoxy) is 1. The van der Waals surface area contributed by atoms with E-state index in [1.807, 2.05) is 0 Å². The quantitative estimate of drug-likeness (QED) is 0.878. The molecule has 0 amide bonds. The van der Waals surface area contributed by atoms with Crippen molar-refractivity contribution in [2.24, 2.45) is 0 Å². The van der Waals surface area contributed by atoms with Crippen LogP contribution in [0, 0.1) is 0 Å². The number of nitrogens with one attached hydrogen (secondary N) is 1. The highest BCUT2D eigenvalue weighted by Crippen LogP contribution is 2.26. The highest BCUT2D eigenvalue weighted by Gasteiger charge is 2.15. The van der Waals surface area contributed by atoms with E-state index >= 15 is 0 Å². The molecular formula is C16H24N2O. The van der Waals surface area contributed by atoms with Crippen LogP contribution in [0.5, 0.6) is 5.75 Å². The van der Waals surface area contributed by atoms with Crippen molar-refractivity contribution in [2.45, 2.75) is 38.3 Å². The van der Waals surface area contributed by atoms with E-state index in [0.717, 1.165) is 31.4 Å². The van der Waals surface area contributed by atoms with E-state index < -0.39 is 0 Å². The zero-order chi connectivity index (χ0) is 13.1. The fraction of sp³-hybridized carbons (Fsp3) is 0.625. The lowest BCUT2D eigenvalue weighted by atomic mass is 10.1. The highest BCUT2D eigenvalue weighted by molar-refractivity contribution is 5.39.